The summed E-state index contributed by atoms with van der Waals surface area (Å²) in [6.45, 7) is 7.57. The number of nitrogens with zero attached hydrogens (tertiary/aromatic N) is 2. The SMILES string of the molecule is COc1cc(N2CCN(C(C)c3ccc4c(c3)OCCO4)CC2)ccc1Br. The van der Waals surface area contributed by atoms with Crippen molar-refractivity contribution in [2.75, 3.05) is 51.4 Å². The Hall–Kier alpha value is -1.92. The topological polar surface area (TPSA) is 34.2 Å². The van der Waals surface area contributed by atoms with E-state index in [1.165, 1.54) is 11.3 Å². The number of methoxy groups -OCH3 is 1. The maximum atomic E-state index is 5.74. The van der Waals surface area contributed by atoms with Gasteiger partial charge in [0.25, 0.3) is 0 Å². The standard InChI is InChI=1S/C21H25BrN2O3/c1-15(16-3-6-19-21(13-16)27-12-11-26-19)23-7-9-24(10-8-23)17-4-5-18(22)20(14-17)25-2/h3-6,13-15H,7-12H2,1-2H3. The third-order valence-electron chi connectivity index (χ3n) is 5.41. The van der Waals surface area contributed by atoms with Crippen LogP contribution in [0.3, 0.4) is 0 Å². The summed E-state index contributed by atoms with van der Waals surface area (Å²) >= 11 is 3.52. The summed E-state index contributed by atoms with van der Waals surface area (Å²) in [4.78, 5) is 4.94. The van der Waals surface area contributed by atoms with Crippen LogP contribution in [0.1, 0.15) is 18.5 Å². The Morgan fingerprint density at radius 3 is 2.44 bits per heavy atom. The summed E-state index contributed by atoms with van der Waals surface area (Å²) in [6.07, 6.45) is 0. The van der Waals surface area contributed by atoms with Crippen molar-refractivity contribution >= 4 is 21.6 Å². The van der Waals surface area contributed by atoms with E-state index in [-0.39, 0.29) is 0 Å². The van der Waals surface area contributed by atoms with Crippen molar-refractivity contribution in [1.82, 2.24) is 4.90 Å². The molecule has 5 nitrogen and oxygen atoms in total. The zero-order chi connectivity index (χ0) is 18.8. The van der Waals surface area contributed by atoms with E-state index in [4.69, 9.17) is 14.2 Å². The molecule has 0 aromatic heterocycles. The molecular formula is C21H25BrN2O3. The molecule has 144 valence electrons. The minimum Gasteiger partial charge on any atom is -0.495 e. The largest absolute Gasteiger partial charge is 0.495 e. The van der Waals surface area contributed by atoms with Gasteiger partial charge in [0.05, 0.1) is 11.6 Å². The molecule has 0 spiro atoms. The fourth-order valence-corrected chi connectivity index (χ4v) is 4.15. The second-order valence-corrected chi connectivity index (χ2v) is 7.78. The van der Waals surface area contributed by atoms with Gasteiger partial charge in [-0.3, -0.25) is 4.90 Å². The summed E-state index contributed by atoms with van der Waals surface area (Å²) in [5, 5.41) is 0. The third kappa shape index (κ3) is 3.87. The number of anilines is 1. The molecule has 2 aromatic carbocycles. The summed E-state index contributed by atoms with van der Waals surface area (Å²) in [6, 6.07) is 13.0. The minimum absolute atomic E-state index is 0.349. The molecule has 1 unspecified atom stereocenters. The first-order chi connectivity index (χ1) is 13.2. The molecule has 4 rings (SSSR count). The molecule has 0 aliphatic carbocycles. The smallest absolute Gasteiger partial charge is 0.161 e. The monoisotopic (exact) mass is 432 g/mol. The highest BCUT2D eigenvalue weighted by Crippen LogP contribution is 2.35. The Labute approximate surface area is 168 Å². The Kier molecular flexibility index (Phi) is 5.45. The normalized spacial score (nSPS) is 18.3. The first-order valence-electron chi connectivity index (χ1n) is 9.38. The molecule has 27 heavy (non-hydrogen) atoms. The second kappa shape index (κ2) is 7.98. The van der Waals surface area contributed by atoms with Gasteiger partial charge in [0.1, 0.15) is 19.0 Å². The van der Waals surface area contributed by atoms with Gasteiger partial charge in [-0.15, -0.1) is 0 Å². The Bertz CT molecular complexity index is 806. The van der Waals surface area contributed by atoms with Gasteiger partial charge in [0.2, 0.25) is 0 Å². The van der Waals surface area contributed by atoms with E-state index in [2.05, 4.69) is 63.0 Å². The number of rotatable bonds is 4. The van der Waals surface area contributed by atoms with Crippen LogP contribution >= 0.6 is 15.9 Å². The number of hydrogen-bond acceptors (Lipinski definition) is 5. The average molecular weight is 433 g/mol. The molecule has 2 aliphatic heterocycles. The summed E-state index contributed by atoms with van der Waals surface area (Å²) in [5.41, 5.74) is 2.49. The van der Waals surface area contributed by atoms with Crippen molar-refractivity contribution in [3.8, 4) is 17.2 Å². The molecule has 1 fully saturated rings. The molecule has 0 bridgehead atoms. The highest BCUT2D eigenvalue weighted by Gasteiger charge is 2.24. The Morgan fingerprint density at radius 2 is 1.70 bits per heavy atom. The zero-order valence-electron chi connectivity index (χ0n) is 15.8. The fraction of sp³-hybridized carbons (Fsp3) is 0.429. The van der Waals surface area contributed by atoms with Crippen LogP contribution in [0.2, 0.25) is 0 Å². The van der Waals surface area contributed by atoms with Gasteiger partial charge in [-0.1, -0.05) is 6.07 Å². The maximum Gasteiger partial charge on any atom is 0.161 e. The Morgan fingerprint density at radius 1 is 0.963 bits per heavy atom. The van der Waals surface area contributed by atoms with Crippen molar-refractivity contribution < 1.29 is 14.2 Å². The first-order valence-corrected chi connectivity index (χ1v) is 10.2. The fourth-order valence-electron chi connectivity index (χ4n) is 3.74. The average Bonchev–Trinajstić information content (AvgIpc) is 2.73. The lowest BCUT2D eigenvalue weighted by atomic mass is 10.0. The van der Waals surface area contributed by atoms with Crippen molar-refractivity contribution in [2.45, 2.75) is 13.0 Å². The minimum atomic E-state index is 0.349. The van der Waals surface area contributed by atoms with Crippen LogP contribution in [-0.2, 0) is 0 Å². The first kappa shape index (κ1) is 18.4. The van der Waals surface area contributed by atoms with E-state index < -0.39 is 0 Å². The number of hydrogen-bond donors (Lipinski definition) is 0. The molecular weight excluding hydrogens is 408 g/mol. The van der Waals surface area contributed by atoms with Gasteiger partial charge in [-0.05, 0) is 52.7 Å². The second-order valence-electron chi connectivity index (χ2n) is 6.92. The molecule has 2 heterocycles. The van der Waals surface area contributed by atoms with Crippen LogP contribution < -0.4 is 19.1 Å². The molecule has 1 atom stereocenters. The molecule has 0 radical (unpaired) electrons. The van der Waals surface area contributed by atoms with Crippen LogP contribution in [0.4, 0.5) is 5.69 Å². The molecule has 6 heteroatoms. The van der Waals surface area contributed by atoms with E-state index >= 15 is 0 Å². The van der Waals surface area contributed by atoms with Gasteiger partial charge in [-0.2, -0.15) is 0 Å². The van der Waals surface area contributed by atoms with Crippen molar-refractivity contribution in [3.05, 3.63) is 46.4 Å². The van der Waals surface area contributed by atoms with Crippen LogP contribution in [0.25, 0.3) is 0 Å². The van der Waals surface area contributed by atoms with Gasteiger partial charge < -0.3 is 19.1 Å². The van der Waals surface area contributed by atoms with Crippen molar-refractivity contribution in [2.24, 2.45) is 0 Å². The highest BCUT2D eigenvalue weighted by molar-refractivity contribution is 9.10. The lowest BCUT2D eigenvalue weighted by Crippen LogP contribution is -2.47. The van der Waals surface area contributed by atoms with Crippen molar-refractivity contribution in [3.63, 3.8) is 0 Å². The van der Waals surface area contributed by atoms with Gasteiger partial charge in [0, 0.05) is 44.0 Å². The van der Waals surface area contributed by atoms with E-state index in [0.29, 0.717) is 19.3 Å². The summed E-state index contributed by atoms with van der Waals surface area (Å²) in [7, 11) is 1.71. The molecule has 2 aliphatic rings. The Balaban J connectivity index is 1.41. The van der Waals surface area contributed by atoms with Crippen LogP contribution in [-0.4, -0.2) is 51.4 Å². The van der Waals surface area contributed by atoms with E-state index in [0.717, 1.165) is 47.9 Å². The molecule has 0 saturated carbocycles. The predicted molar refractivity (Wildman–Crippen MR) is 110 cm³/mol. The molecule has 1 saturated heterocycles. The van der Waals surface area contributed by atoms with Gasteiger partial charge in [-0.25, -0.2) is 0 Å². The summed E-state index contributed by atoms with van der Waals surface area (Å²) in [5.74, 6) is 2.59. The van der Waals surface area contributed by atoms with Crippen LogP contribution in [0.15, 0.2) is 40.9 Å². The number of ether oxygens (including phenoxy) is 3. The van der Waals surface area contributed by atoms with E-state index in [1.54, 1.807) is 7.11 Å². The quantitative estimate of drug-likeness (QED) is 0.725. The lowest BCUT2D eigenvalue weighted by Gasteiger charge is -2.39. The van der Waals surface area contributed by atoms with Crippen LogP contribution in [0, 0.1) is 0 Å². The maximum absolute atomic E-state index is 5.74. The predicted octanol–water partition coefficient (Wildman–Crippen LogP) is 4.11. The number of benzene rings is 2. The molecule has 2 aromatic rings. The number of piperazine rings is 1. The highest BCUT2D eigenvalue weighted by atomic mass is 79.9. The summed E-state index contributed by atoms with van der Waals surface area (Å²) < 4.78 is 17.8. The zero-order valence-corrected chi connectivity index (χ0v) is 17.4. The van der Waals surface area contributed by atoms with Gasteiger partial charge in [0.15, 0.2) is 11.5 Å². The van der Waals surface area contributed by atoms with Crippen molar-refractivity contribution in [1.29, 1.82) is 0 Å². The lowest BCUT2D eigenvalue weighted by molar-refractivity contribution is 0.169. The van der Waals surface area contributed by atoms with Crippen LogP contribution in [0.5, 0.6) is 17.2 Å². The van der Waals surface area contributed by atoms with E-state index in [9.17, 15) is 0 Å². The number of fused-ring (bicyclic) bond motifs is 1. The molecule has 0 N–H and O–H groups in total. The third-order valence-corrected chi connectivity index (χ3v) is 6.07. The molecule has 0 amide bonds. The number of halogens is 1. The van der Waals surface area contributed by atoms with E-state index in [1.807, 2.05) is 6.07 Å². The van der Waals surface area contributed by atoms with Gasteiger partial charge >= 0.3 is 0 Å².